The minimum Gasteiger partial charge on any atom is -0.388 e. The number of thioether (sulfide) groups is 1. The van der Waals surface area contributed by atoms with E-state index in [0.717, 1.165) is 13.1 Å². The molecule has 0 radical (unpaired) electrons. The molecule has 0 aliphatic carbocycles. The molecule has 162 valence electrons. The lowest BCUT2D eigenvalue weighted by atomic mass is 9.92. The maximum atomic E-state index is 13.0. The maximum Gasteiger partial charge on any atom is 0.240 e. The fourth-order valence-electron chi connectivity index (χ4n) is 4.08. The summed E-state index contributed by atoms with van der Waals surface area (Å²) in [6, 6.07) is -1.29. The van der Waals surface area contributed by atoms with E-state index in [2.05, 4.69) is 16.0 Å². The second-order valence-electron chi connectivity index (χ2n) is 7.57. The molecule has 0 saturated carbocycles. The van der Waals surface area contributed by atoms with Crippen LogP contribution in [0.2, 0.25) is 0 Å². The van der Waals surface area contributed by atoms with Crippen molar-refractivity contribution in [1.29, 1.82) is 0 Å². The van der Waals surface area contributed by atoms with Crippen molar-refractivity contribution in [1.82, 2.24) is 16.0 Å². The van der Waals surface area contributed by atoms with Gasteiger partial charge in [-0.2, -0.15) is 0 Å². The van der Waals surface area contributed by atoms with Crippen molar-refractivity contribution in [3.05, 3.63) is 0 Å². The van der Waals surface area contributed by atoms with Crippen LogP contribution >= 0.6 is 23.4 Å². The molecule has 28 heavy (non-hydrogen) atoms. The highest BCUT2D eigenvalue weighted by Gasteiger charge is 2.49. The summed E-state index contributed by atoms with van der Waals surface area (Å²) in [5.74, 6) is -0.0940. The number of fused-ring (bicyclic) bond motifs is 1. The van der Waals surface area contributed by atoms with Gasteiger partial charge in [-0.3, -0.25) is 4.79 Å². The monoisotopic (exact) mass is 439 g/mol. The Morgan fingerprint density at radius 2 is 2.00 bits per heavy atom. The molecule has 0 aromatic carbocycles. The number of hydrogen-bond acceptors (Lipinski definition) is 9. The Balaban J connectivity index is 1.71. The van der Waals surface area contributed by atoms with Gasteiger partial charge in [0.2, 0.25) is 5.91 Å². The normalized spacial score (nSPS) is 43.6. The highest BCUT2D eigenvalue weighted by molar-refractivity contribution is 7.99. The minimum absolute atomic E-state index is 0.194. The van der Waals surface area contributed by atoms with Gasteiger partial charge in [-0.25, -0.2) is 0 Å². The molecule has 3 aliphatic heterocycles. The number of carbonyl (C=O) groups is 1. The van der Waals surface area contributed by atoms with Gasteiger partial charge in [0.1, 0.15) is 35.9 Å². The molecular formula is C17H30ClN3O6S. The van der Waals surface area contributed by atoms with E-state index in [4.69, 9.17) is 21.1 Å². The molecular weight excluding hydrogens is 410 g/mol. The predicted molar refractivity (Wildman–Crippen MR) is 105 cm³/mol. The molecule has 3 fully saturated rings. The van der Waals surface area contributed by atoms with E-state index in [-0.39, 0.29) is 17.9 Å². The molecule has 3 rings (SSSR count). The molecule has 0 aromatic rings. The molecule has 1 amide bonds. The number of rotatable bonds is 5. The zero-order valence-electron chi connectivity index (χ0n) is 16.0. The van der Waals surface area contributed by atoms with Crippen LogP contribution in [-0.4, -0.2) is 107 Å². The van der Waals surface area contributed by atoms with Gasteiger partial charge in [0.25, 0.3) is 0 Å². The number of amides is 1. The Morgan fingerprint density at radius 3 is 2.68 bits per heavy atom. The van der Waals surface area contributed by atoms with Gasteiger partial charge in [0, 0.05) is 25.6 Å². The average molecular weight is 440 g/mol. The average Bonchev–Trinajstić information content (AvgIpc) is 2.93. The number of nitrogens with one attached hydrogen (secondary N) is 3. The summed E-state index contributed by atoms with van der Waals surface area (Å²) in [7, 11) is 0. The van der Waals surface area contributed by atoms with Crippen LogP contribution in [0.25, 0.3) is 0 Å². The van der Waals surface area contributed by atoms with Crippen molar-refractivity contribution in [2.75, 3.05) is 32.5 Å². The Kier molecular flexibility index (Phi) is 7.85. The number of halogens is 1. The van der Waals surface area contributed by atoms with E-state index in [9.17, 15) is 20.1 Å². The van der Waals surface area contributed by atoms with Crippen LogP contribution < -0.4 is 16.0 Å². The van der Waals surface area contributed by atoms with Crippen LogP contribution in [0.5, 0.6) is 0 Å². The highest BCUT2D eigenvalue weighted by atomic mass is 35.5. The van der Waals surface area contributed by atoms with Crippen LogP contribution in [0.15, 0.2) is 0 Å². The van der Waals surface area contributed by atoms with E-state index >= 15 is 0 Å². The zero-order chi connectivity index (χ0) is 20.4. The summed E-state index contributed by atoms with van der Waals surface area (Å²) >= 11 is 7.53. The first-order valence-electron chi connectivity index (χ1n) is 9.57. The van der Waals surface area contributed by atoms with Gasteiger partial charge in [0.05, 0.1) is 24.1 Å². The SMILES string of the molecule is CSC1OC([C@H](NC(=O)[C@H]2NC[C@@H]3CNCCO[C@H]32)[C@H](C)Cl)C(O)C(O)C1O. The summed E-state index contributed by atoms with van der Waals surface area (Å²) in [5, 5.41) is 39.5. The van der Waals surface area contributed by atoms with Crippen LogP contribution in [0, 0.1) is 5.92 Å². The molecule has 0 spiro atoms. The molecule has 0 aromatic heterocycles. The Bertz CT molecular complexity index is 545. The molecule has 3 aliphatic rings. The smallest absolute Gasteiger partial charge is 0.240 e. The van der Waals surface area contributed by atoms with Gasteiger partial charge in [-0.1, -0.05) is 0 Å². The van der Waals surface area contributed by atoms with Gasteiger partial charge >= 0.3 is 0 Å². The molecule has 9 nitrogen and oxygen atoms in total. The third-order valence-corrected chi connectivity index (χ3v) is 6.79. The van der Waals surface area contributed by atoms with Crippen molar-refractivity contribution in [3.63, 3.8) is 0 Å². The number of ether oxygens (including phenoxy) is 2. The van der Waals surface area contributed by atoms with E-state index in [1.807, 2.05) is 0 Å². The van der Waals surface area contributed by atoms with Crippen LogP contribution in [-0.2, 0) is 14.3 Å². The van der Waals surface area contributed by atoms with E-state index < -0.39 is 47.3 Å². The first-order chi connectivity index (χ1) is 13.3. The van der Waals surface area contributed by atoms with Crippen molar-refractivity contribution in [3.8, 4) is 0 Å². The summed E-state index contributed by atoms with van der Waals surface area (Å²) in [6.45, 7) is 4.41. The number of aliphatic hydroxyl groups is 3. The van der Waals surface area contributed by atoms with Crippen molar-refractivity contribution in [2.24, 2.45) is 5.92 Å². The van der Waals surface area contributed by atoms with Crippen molar-refractivity contribution < 1.29 is 29.6 Å². The summed E-state index contributed by atoms with van der Waals surface area (Å²) in [4.78, 5) is 13.0. The lowest BCUT2D eigenvalue weighted by Gasteiger charge is -2.44. The van der Waals surface area contributed by atoms with Crippen LogP contribution in [0.3, 0.4) is 0 Å². The lowest BCUT2D eigenvalue weighted by molar-refractivity contribution is -0.205. The fraction of sp³-hybridized carbons (Fsp3) is 0.941. The highest BCUT2D eigenvalue weighted by Crippen LogP contribution is 2.30. The maximum absolute atomic E-state index is 13.0. The second-order valence-corrected chi connectivity index (χ2v) is 9.20. The molecule has 5 unspecified atom stereocenters. The second kappa shape index (κ2) is 9.76. The summed E-state index contributed by atoms with van der Waals surface area (Å²) in [5.41, 5.74) is -0.733. The summed E-state index contributed by atoms with van der Waals surface area (Å²) < 4.78 is 11.6. The van der Waals surface area contributed by atoms with Gasteiger partial charge < -0.3 is 40.7 Å². The van der Waals surface area contributed by atoms with E-state index in [0.29, 0.717) is 13.2 Å². The molecule has 0 bridgehead atoms. The standard InChI is InChI=1S/C17H30ClN3O6S/c1-7(18)9(15-12(23)11(22)13(24)17(27-15)28-2)21-16(25)10-14-8(6-20-10)5-19-3-4-26-14/h7-15,17,19-20,22-24H,3-6H2,1-2H3,(H,21,25)/t7-,8-,9+,10-,11?,12?,13?,14+,15?,17?/m0/s1. The minimum atomic E-state index is -1.39. The van der Waals surface area contributed by atoms with E-state index in [1.54, 1.807) is 13.2 Å². The lowest BCUT2D eigenvalue weighted by Crippen LogP contribution is -2.65. The Labute approximate surface area is 173 Å². The van der Waals surface area contributed by atoms with Gasteiger partial charge in [-0.15, -0.1) is 23.4 Å². The molecule has 6 N–H and O–H groups in total. The Morgan fingerprint density at radius 1 is 1.25 bits per heavy atom. The molecule has 10 atom stereocenters. The van der Waals surface area contributed by atoms with Crippen LogP contribution in [0.1, 0.15) is 6.92 Å². The molecule has 11 heteroatoms. The quantitative estimate of drug-likeness (QED) is 0.265. The summed E-state index contributed by atoms with van der Waals surface area (Å²) in [6.07, 6.45) is -3.48. The number of aliphatic hydroxyl groups excluding tert-OH is 3. The van der Waals surface area contributed by atoms with Gasteiger partial charge in [-0.05, 0) is 13.2 Å². The zero-order valence-corrected chi connectivity index (χ0v) is 17.5. The topological polar surface area (TPSA) is 132 Å². The first kappa shape index (κ1) is 22.5. The van der Waals surface area contributed by atoms with Crippen molar-refractivity contribution >= 4 is 29.3 Å². The van der Waals surface area contributed by atoms with Gasteiger partial charge in [0.15, 0.2) is 0 Å². The third kappa shape index (κ3) is 4.60. The molecule has 3 saturated heterocycles. The molecule has 3 heterocycles. The first-order valence-corrected chi connectivity index (χ1v) is 11.3. The van der Waals surface area contributed by atoms with Crippen LogP contribution in [0.4, 0.5) is 0 Å². The predicted octanol–water partition coefficient (Wildman–Crippen LogP) is -2.15. The van der Waals surface area contributed by atoms with E-state index in [1.165, 1.54) is 11.8 Å². The number of carbonyl (C=O) groups excluding carboxylic acids is 1. The third-order valence-electron chi connectivity index (χ3n) is 5.67. The fourth-order valence-corrected chi connectivity index (χ4v) is 4.96. The van der Waals surface area contributed by atoms with Crippen molar-refractivity contribution in [2.45, 2.75) is 60.3 Å². The largest absolute Gasteiger partial charge is 0.388 e. The number of alkyl halides is 1. The number of hydrogen-bond donors (Lipinski definition) is 6. The Hall–Kier alpha value is -0.170.